The third kappa shape index (κ3) is 7.08. The van der Waals surface area contributed by atoms with Crippen molar-refractivity contribution in [1.82, 2.24) is 9.21 Å². The summed E-state index contributed by atoms with van der Waals surface area (Å²) in [5.74, 6) is 2.35. The summed E-state index contributed by atoms with van der Waals surface area (Å²) in [6.45, 7) is 4.04. The average molecular weight is 598 g/mol. The number of anilines is 1. The lowest BCUT2D eigenvalue weighted by atomic mass is 10.1. The number of amides is 1. The van der Waals surface area contributed by atoms with Crippen molar-refractivity contribution in [3.05, 3.63) is 72.3 Å². The van der Waals surface area contributed by atoms with E-state index in [4.69, 9.17) is 18.9 Å². The maximum Gasteiger partial charge on any atom is 0.263 e. The van der Waals surface area contributed by atoms with Crippen molar-refractivity contribution in [2.45, 2.75) is 24.3 Å². The molecule has 0 bridgehead atoms. The Hall–Kier alpha value is -3.96. The second kappa shape index (κ2) is 13.8. The molecule has 3 aromatic carbocycles. The number of para-hydroxylation sites is 1. The molecule has 1 aliphatic rings. The van der Waals surface area contributed by atoms with Crippen LogP contribution in [0.4, 0.5) is 5.69 Å². The van der Waals surface area contributed by atoms with Gasteiger partial charge in [-0.05, 0) is 61.4 Å². The van der Waals surface area contributed by atoms with E-state index in [2.05, 4.69) is 0 Å². The van der Waals surface area contributed by atoms with Crippen molar-refractivity contribution in [3.63, 3.8) is 0 Å². The van der Waals surface area contributed by atoms with Crippen LogP contribution in [-0.2, 0) is 21.2 Å². The maximum absolute atomic E-state index is 13.5. The van der Waals surface area contributed by atoms with E-state index in [1.54, 1.807) is 58.4 Å². The summed E-state index contributed by atoms with van der Waals surface area (Å²) in [6, 6.07) is 19.7. The second-order valence-corrected chi connectivity index (χ2v) is 12.0. The Labute approximate surface area is 248 Å². The van der Waals surface area contributed by atoms with Crippen LogP contribution in [0.25, 0.3) is 0 Å². The first-order chi connectivity index (χ1) is 20.2. The molecule has 4 rings (SSSR count). The highest BCUT2D eigenvalue weighted by atomic mass is 32.2. The van der Waals surface area contributed by atoms with Crippen LogP contribution in [0.1, 0.15) is 12.5 Å². The Morgan fingerprint density at radius 1 is 0.857 bits per heavy atom. The molecule has 0 N–H and O–H groups in total. The number of carbonyl (C=O) groups is 1. The molecule has 0 unspecified atom stereocenters. The van der Waals surface area contributed by atoms with Gasteiger partial charge in [0.05, 0.1) is 31.9 Å². The molecule has 10 nitrogen and oxygen atoms in total. The van der Waals surface area contributed by atoms with Gasteiger partial charge in [-0.15, -0.1) is 0 Å². The standard InChI is InChI=1S/C31H39N3O7S/c1-23(41-25-9-7-6-8-10-25)31(35)34-19-17-33(18-20-34)27-22-26(12-14-28(27)38-3)42(36,37)32(2)16-15-24-11-13-29(39-4)30(21-24)40-5/h6-14,21-23H,15-20H2,1-5H3/t23-/m0/s1. The highest BCUT2D eigenvalue weighted by molar-refractivity contribution is 7.89. The quantitative estimate of drug-likeness (QED) is 0.312. The Balaban J connectivity index is 1.41. The first-order valence-electron chi connectivity index (χ1n) is 13.8. The molecule has 0 saturated carbocycles. The SMILES string of the molecule is COc1ccc(CCN(C)S(=O)(=O)c2ccc(OC)c(N3CCN(C(=O)[C@H](C)Oc4ccccc4)CC3)c2)cc1OC. The van der Waals surface area contributed by atoms with Crippen LogP contribution in [0.3, 0.4) is 0 Å². The number of nitrogens with zero attached hydrogens (tertiary/aromatic N) is 3. The lowest BCUT2D eigenvalue weighted by Crippen LogP contribution is -2.52. The van der Waals surface area contributed by atoms with Crippen LogP contribution in [0.5, 0.6) is 23.0 Å². The van der Waals surface area contributed by atoms with Gasteiger partial charge in [-0.2, -0.15) is 0 Å². The third-order valence-electron chi connectivity index (χ3n) is 7.36. The van der Waals surface area contributed by atoms with Crippen LogP contribution in [0.15, 0.2) is 71.6 Å². The minimum absolute atomic E-state index is 0.0853. The Morgan fingerprint density at radius 2 is 1.50 bits per heavy atom. The van der Waals surface area contributed by atoms with Crippen LogP contribution in [0, 0.1) is 0 Å². The molecule has 1 fully saturated rings. The van der Waals surface area contributed by atoms with Gasteiger partial charge in [0.15, 0.2) is 17.6 Å². The van der Waals surface area contributed by atoms with Gasteiger partial charge in [-0.25, -0.2) is 12.7 Å². The molecule has 11 heteroatoms. The summed E-state index contributed by atoms with van der Waals surface area (Å²) in [5, 5.41) is 0. The van der Waals surface area contributed by atoms with E-state index in [0.717, 1.165) is 5.56 Å². The molecule has 1 aliphatic heterocycles. The molecule has 0 aromatic heterocycles. The number of methoxy groups -OCH3 is 3. The molecule has 1 heterocycles. The first-order valence-corrected chi connectivity index (χ1v) is 15.2. The Bertz CT molecular complexity index is 1460. The topological polar surface area (TPSA) is 97.9 Å². The van der Waals surface area contributed by atoms with Crippen molar-refractivity contribution in [2.75, 3.05) is 66.0 Å². The van der Waals surface area contributed by atoms with Crippen molar-refractivity contribution in [2.24, 2.45) is 0 Å². The normalized spacial score (nSPS) is 14.4. The molecule has 1 atom stereocenters. The highest BCUT2D eigenvalue weighted by Crippen LogP contribution is 2.33. The number of hydrogen-bond acceptors (Lipinski definition) is 8. The van der Waals surface area contributed by atoms with E-state index in [9.17, 15) is 13.2 Å². The smallest absolute Gasteiger partial charge is 0.263 e. The monoisotopic (exact) mass is 597 g/mol. The van der Waals surface area contributed by atoms with Crippen molar-refractivity contribution >= 4 is 21.6 Å². The minimum Gasteiger partial charge on any atom is -0.495 e. The average Bonchev–Trinajstić information content (AvgIpc) is 3.03. The lowest BCUT2D eigenvalue weighted by Gasteiger charge is -2.37. The number of hydrogen-bond donors (Lipinski definition) is 0. The van der Waals surface area contributed by atoms with E-state index in [1.165, 1.54) is 4.31 Å². The van der Waals surface area contributed by atoms with Gasteiger partial charge < -0.3 is 28.7 Å². The van der Waals surface area contributed by atoms with Crippen LogP contribution in [-0.4, -0.2) is 90.7 Å². The van der Waals surface area contributed by atoms with E-state index in [0.29, 0.717) is 61.3 Å². The van der Waals surface area contributed by atoms with Crippen molar-refractivity contribution in [1.29, 1.82) is 0 Å². The molecule has 3 aromatic rings. The molecule has 0 aliphatic carbocycles. The van der Waals surface area contributed by atoms with Gasteiger partial charge in [0, 0.05) is 39.8 Å². The number of benzene rings is 3. The van der Waals surface area contributed by atoms with Gasteiger partial charge >= 0.3 is 0 Å². The fourth-order valence-electron chi connectivity index (χ4n) is 4.88. The van der Waals surface area contributed by atoms with Gasteiger partial charge in [0.2, 0.25) is 10.0 Å². The Morgan fingerprint density at radius 3 is 2.14 bits per heavy atom. The second-order valence-electron chi connectivity index (χ2n) is 9.99. The number of ether oxygens (including phenoxy) is 4. The molecule has 1 saturated heterocycles. The zero-order chi connectivity index (χ0) is 30.3. The van der Waals surface area contributed by atoms with Crippen LogP contribution in [0.2, 0.25) is 0 Å². The van der Waals surface area contributed by atoms with E-state index in [-0.39, 0.29) is 17.3 Å². The van der Waals surface area contributed by atoms with Gasteiger partial charge in [0.25, 0.3) is 5.91 Å². The lowest BCUT2D eigenvalue weighted by molar-refractivity contribution is -0.138. The predicted molar refractivity (Wildman–Crippen MR) is 161 cm³/mol. The van der Waals surface area contributed by atoms with Gasteiger partial charge in [-0.3, -0.25) is 4.79 Å². The summed E-state index contributed by atoms with van der Waals surface area (Å²) in [4.78, 5) is 17.0. The molecule has 0 radical (unpaired) electrons. The molecule has 42 heavy (non-hydrogen) atoms. The zero-order valence-electron chi connectivity index (χ0n) is 24.8. The molecule has 0 spiro atoms. The highest BCUT2D eigenvalue weighted by Gasteiger charge is 2.29. The van der Waals surface area contributed by atoms with Gasteiger partial charge in [0.1, 0.15) is 11.5 Å². The van der Waals surface area contributed by atoms with Crippen LogP contribution < -0.4 is 23.8 Å². The van der Waals surface area contributed by atoms with E-state index in [1.807, 2.05) is 53.4 Å². The molecule has 226 valence electrons. The summed E-state index contributed by atoms with van der Waals surface area (Å²) in [5.41, 5.74) is 1.61. The number of piperazine rings is 1. The zero-order valence-corrected chi connectivity index (χ0v) is 25.6. The molecule has 1 amide bonds. The Kier molecular flexibility index (Phi) is 10.2. The van der Waals surface area contributed by atoms with Crippen LogP contribution >= 0.6 is 0 Å². The molecular formula is C31H39N3O7S. The number of rotatable bonds is 12. The minimum atomic E-state index is -3.77. The first kappa shape index (κ1) is 31.0. The van der Waals surface area contributed by atoms with E-state index >= 15 is 0 Å². The van der Waals surface area contributed by atoms with E-state index < -0.39 is 16.1 Å². The number of likely N-dealkylation sites (N-methyl/N-ethyl adjacent to an activating group) is 1. The summed E-state index contributed by atoms with van der Waals surface area (Å²) in [7, 11) is 2.50. The fraction of sp³-hybridized carbons (Fsp3) is 0.387. The summed E-state index contributed by atoms with van der Waals surface area (Å²) >= 11 is 0. The number of carbonyl (C=O) groups excluding carboxylic acids is 1. The number of sulfonamides is 1. The van der Waals surface area contributed by atoms with Crippen molar-refractivity contribution < 1.29 is 32.2 Å². The largest absolute Gasteiger partial charge is 0.495 e. The summed E-state index contributed by atoms with van der Waals surface area (Å²) < 4.78 is 50.5. The third-order valence-corrected chi connectivity index (χ3v) is 9.21. The van der Waals surface area contributed by atoms with Crippen molar-refractivity contribution in [3.8, 4) is 23.0 Å². The maximum atomic E-state index is 13.5. The van der Waals surface area contributed by atoms with Gasteiger partial charge in [-0.1, -0.05) is 24.3 Å². The fourth-order valence-corrected chi connectivity index (χ4v) is 6.07. The summed E-state index contributed by atoms with van der Waals surface area (Å²) in [6.07, 6.45) is -0.113. The predicted octanol–water partition coefficient (Wildman–Crippen LogP) is 3.69. The molecular weight excluding hydrogens is 558 g/mol.